The van der Waals surface area contributed by atoms with Crippen LogP contribution in [0.2, 0.25) is 5.02 Å². The maximum Gasteiger partial charge on any atom is 0.147 e. The second-order valence-electron chi connectivity index (χ2n) is 4.38. The highest BCUT2D eigenvalue weighted by molar-refractivity contribution is 6.32. The summed E-state index contributed by atoms with van der Waals surface area (Å²) < 4.78 is 0. The Morgan fingerprint density at radius 1 is 1.50 bits per heavy atom. The van der Waals surface area contributed by atoms with Gasteiger partial charge in [0.25, 0.3) is 0 Å². The Labute approximate surface area is 102 Å². The molecule has 4 heteroatoms. The first-order chi connectivity index (χ1) is 7.77. The number of piperidine rings is 1. The van der Waals surface area contributed by atoms with Crippen molar-refractivity contribution in [2.24, 2.45) is 5.92 Å². The van der Waals surface area contributed by atoms with Crippen molar-refractivity contribution in [3.8, 4) is 0 Å². The zero-order valence-electron chi connectivity index (χ0n) is 9.62. The zero-order chi connectivity index (χ0) is 11.4. The molecule has 1 aromatic rings. The molecular formula is C12H18ClN3. The topological polar surface area (TPSA) is 28.2 Å². The molecule has 0 unspecified atom stereocenters. The Hall–Kier alpha value is -0.800. The van der Waals surface area contributed by atoms with Crippen LogP contribution in [0.4, 0.5) is 5.82 Å². The highest BCUT2D eigenvalue weighted by Crippen LogP contribution is 2.23. The van der Waals surface area contributed by atoms with Gasteiger partial charge in [0.2, 0.25) is 0 Å². The van der Waals surface area contributed by atoms with E-state index < -0.39 is 0 Å². The van der Waals surface area contributed by atoms with Crippen molar-refractivity contribution in [1.82, 2.24) is 10.3 Å². The summed E-state index contributed by atoms with van der Waals surface area (Å²) in [6.07, 6.45) is 4.28. The minimum Gasteiger partial charge on any atom is -0.358 e. The molecule has 1 N–H and O–H groups in total. The molecule has 1 aliphatic heterocycles. The maximum absolute atomic E-state index is 6.12. The quantitative estimate of drug-likeness (QED) is 0.877. The van der Waals surface area contributed by atoms with Gasteiger partial charge >= 0.3 is 0 Å². The molecule has 3 nitrogen and oxygen atoms in total. The fraction of sp³-hybridized carbons (Fsp3) is 0.583. The summed E-state index contributed by atoms with van der Waals surface area (Å²) in [6, 6.07) is 3.76. The summed E-state index contributed by atoms with van der Waals surface area (Å²) in [6.45, 7) is 3.31. The zero-order valence-corrected chi connectivity index (χ0v) is 10.4. The molecular weight excluding hydrogens is 222 g/mol. The third-order valence-electron chi connectivity index (χ3n) is 3.09. The van der Waals surface area contributed by atoms with E-state index >= 15 is 0 Å². The maximum atomic E-state index is 6.12. The molecule has 0 saturated carbocycles. The van der Waals surface area contributed by atoms with Gasteiger partial charge in [-0.05, 0) is 44.0 Å². The SMILES string of the molecule is CN(CC1CCNCC1)c1ncccc1Cl. The predicted octanol–water partition coefficient (Wildman–Crippen LogP) is 2.17. The summed E-state index contributed by atoms with van der Waals surface area (Å²) in [5.41, 5.74) is 0. The molecule has 0 radical (unpaired) electrons. The number of nitrogens with zero attached hydrogens (tertiary/aromatic N) is 2. The fourth-order valence-electron chi connectivity index (χ4n) is 2.20. The Morgan fingerprint density at radius 3 is 2.94 bits per heavy atom. The third kappa shape index (κ3) is 2.86. The molecule has 0 aromatic carbocycles. The number of rotatable bonds is 3. The van der Waals surface area contributed by atoms with Crippen LogP contribution in [0, 0.1) is 5.92 Å². The van der Waals surface area contributed by atoms with Crippen LogP contribution < -0.4 is 10.2 Å². The van der Waals surface area contributed by atoms with Crippen molar-refractivity contribution in [3.63, 3.8) is 0 Å². The second kappa shape index (κ2) is 5.51. The van der Waals surface area contributed by atoms with Crippen LogP contribution in [0.25, 0.3) is 0 Å². The Kier molecular flexibility index (Phi) is 4.02. The molecule has 0 atom stereocenters. The molecule has 16 heavy (non-hydrogen) atoms. The highest BCUT2D eigenvalue weighted by Gasteiger charge is 2.16. The van der Waals surface area contributed by atoms with Gasteiger partial charge < -0.3 is 10.2 Å². The minimum atomic E-state index is 0.735. The van der Waals surface area contributed by atoms with Gasteiger partial charge in [0, 0.05) is 19.8 Å². The molecule has 1 saturated heterocycles. The number of halogens is 1. The number of anilines is 1. The third-order valence-corrected chi connectivity index (χ3v) is 3.39. The van der Waals surface area contributed by atoms with Crippen molar-refractivity contribution in [2.75, 3.05) is 31.6 Å². The van der Waals surface area contributed by atoms with Crippen molar-refractivity contribution in [3.05, 3.63) is 23.4 Å². The standard InChI is InChI=1S/C12H18ClN3/c1-16(9-10-4-7-14-8-5-10)12-11(13)3-2-6-15-12/h2-3,6,10,14H,4-5,7-9H2,1H3. The molecule has 1 aliphatic rings. The lowest BCUT2D eigenvalue weighted by atomic mass is 9.98. The fourth-order valence-corrected chi connectivity index (χ4v) is 2.46. The lowest BCUT2D eigenvalue weighted by Crippen LogP contribution is -2.34. The van der Waals surface area contributed by atoms with Crippen molar-refractivity contribution >= 4 is 17.4 Å². The van der Waals surface area contributed by atoms with Gasteiger partial charge in [-0.15, -0.1) is 0 Å². The summed E-state index contributed by atoms with van der Waals surface area (Å²) in [5, 5.41) is 4.11. The molecule has 88 valence electrons. The molecule has 1 fully saturated rings. The summed E-state index contributed by atoms with van der Waals surface area (Å²) in [5.74, 6) is 1.65. The van der Waals surface area contributed by atoms with E-state index in [0.29, 0.717) is 0 Å². The molecule has 2 heterocycles. The van der Waals surface area contributed by atoms with Gasteiger partial charge in [0.15, 0.2) is 0 Å². The van der Waals surface area contributed by atoms with Crippen LogP contribution in [0.1, 0.15) is 12.8 Å². The first-order valence-electron chi connectivity index (χ1n) is 5.80. The van der Waals surface area contributed by atoms with E-state index in [4.69, 9.17) is 11.6 Å². The van der Waals surface area contributed by atoms with E-state index in [9.17, 15) is 0 Å². The van der Waals surface area contributed by atoms with Crippen LogP contribution in [0.3, 0.4) is 0 Å². The first-order valence-corrected chi connectivity index (χ1v) is 6.17. The minimum absolute atomic E-state index is 0.735. The van der Waals surface area contributed by atoms with Crippen LogP contribution >= 0.6 is 11.6 Å². The molecule has 1 aromatic heterocycles. The van der Waals surface area contributed by atoms with Gasteiger partial charge in [-0.25, -0.2) is 4.98 Å². The Morgan fingerprint density at radius 2 is 2.25 bits per heavy atom. The Balaban J connectivity index is 1.96. The first kappa shape index (κ1) is 11.7. The molecule has 2 rings (SSSR count). The summed E-state index contributed by atoms with van der Waals surface area (Å²) in [7, 11) is 2.07. The van der Waals surface area contributed by atoms with Gasteiger partial charge in [0.1, 0.15) is 5.82 Å². The summed E-state index contributed by atoms with van der Waals surface area (Å²) in [4.78, 5) is 6.49. The lowest BCUT2D eigenvalue weighted by molar-refractivity contribution is 0.377. The molecule has 0 spiro atoms. The smallest absolute Gasteiger partial charge is 0.147 e. The average molecular weight is 240 g/mol. The van der Waals surface area contributed by atoms with Gasteiger partial charge in [-0.1, -0.05) is 11.6 Å². The number of hydrogen-bond acceptors (Lipinski definition) is 3. The number of aromatic nitrogens is 1. The normalized spacial score (nSPS) is 17.4. The van der Waals surface area contributed by atoms with Crippen molar-refractivity contribution < 1.29 is 0 Å². The molecule has 0 amide bonds. The van der Waals surface area contributed by atoms with Crippen LogP contribution in [-0.4, -0.2) is 31.7 Å². The van der Waals surface area contributed by atoms with Gasteiger partial charge in [-0.2, -0.15) is 0 Å². The van der Waals surface area contributed by atoms with Gasteiger partial charge in [-0.3, -0.25) is 0 Å². The summed E-state index contributed by atoms with van der Waals surface area (Å²) >= 11 is 6.12. The number of nitrogens with one attached hydrogen (secondary N) is 1. The van der Waals surface area contributed by atoms with E-state index in [0.717, 1.165) is 36.4 Å². The lowest BCUT2D eigenvalue weighted by Gasteiger charge is -2.28. The number of pyridine rings is 1. The Bertz CT molecular complexity index is 337. The second-order valence-corrected chi connectivity index (χ2v) is 4.79. The monoisotopic (exact) mass is 239 g/mol. The van der Waals surface area contributed by atoms with E-state index in [1.165, 1.54) is 12.8 Å². The average Bonchev–Trinajstić information content (AvgIpc) is 2.31. The molecule has 0 aliphatic carbocycles. The van der Waals surface area contributed by atoms with Crippen LogP contribution in [0.15, 0.2) is 18.3 Å². The predicted molar refractivity (Wildman–Crippen MR) is 68.1 cm³/mol. The van der Waals surface area contributed by atoms with E-state index in [2.05, 4.69) is 22.2 Å². The largest absolute Gasteiger partial charge is 0.358 e. The van der Waals surface area contributed by atoms with Crippen molar-refractivity contribution in [2.45, 2.75) is 12.8 Å². The van der Waals surface area contributed by atoms with E-state index in [1.54, 1.807) is 6.20 Å². The van der Waals surface area contributed by atoms with Gasteiger partial charge in [0.05, 0.1) is 5.02 Å². The van der Waals surface area contributed by atoms with Crippen molar-refractivity contribution in [1.29, 1.82) is 0 Å². The van der Waals surface area contributed by atoms with E-state index in [-0.39, 0.29) is 0 Å². The highest BCUT2D eigenvalue weighted by atomic mass is 35.5. The van der Waals surface area contributed by atoms with Crippen LogP contribution in [0.5, 0.6) is 0 Å². The van der Waals surface area contributed by atoms with E-state index in [1.807, 2.05) is 12.1 Å². The number of hydrogen-bond donors (Lipinski definition) is 1. The van der Waals surface area contributed by atoms with Crippen LogP contribution in [-0.2, 0) is 0 Å². The molecule has 0 bridgehead atoms.